The van der Waals surface area contributed by atoms with Crippen LogP contribution in [0.1, 0.15) is 5.82 Å². The summed E-state index contributed by atoms with van der Waals surface area (Å²) in [4.78, 5) is 4.04. The lowest BCUT2D eigenvalue weighted by Gasteiger charge is -2.03. The van der Waals surface area contributed by atoms with Gasteiger partial charge in [-0.05, 0) is 19.1 Å². The zero-order valence-electron chi connectivity index (χ0n) is 8.32. The molecule has 0 saturated carbocycles. The molecule has 0 amide bonds. The molecule has 0 unspecified atom stereocenters. The third kappa shape index (κ3) is 1.81. The number of hydrogen-bond acceptors (Lipinski definition) is 4. The van der Waals surface area contributed by atoms with Crippen molar-refractivity contribution in [2.75, 3.05) is 7.11 Å². The molecule has 2 aromatic rings. The molecule has 1 heterocycles. The van der Waals surface area contributed by atoms with Crippen LogP contribution in [0.15, 0.2) is 22.7 Å². The van der Waals surface area contributed by atoms with Crippen LogP contribution in [0.3, 0.4) is 0 Å². The molecule has 0 fully saturated rings. The lowest BCUT2D eigenvalue weighted by Crippen LogP contribution is -1.89. The zero-order valence-corrected chi connectivity index (χ0v) is 8.32. The second kappa shape index (κ2) is 3.68. The summed E-state index contributed by atoms with van der Waals surface area (Å²) < 4.78 is 22.9. The Kier molecular flexibility index (Phi) is 2.37. The fourth-order valence-corrected chi connectivity index (χ4v) is 1.25. The van der Waals surface area contributed by atoms with Gasteiger partial charge >= 0.3 is 0 Å². The molecular formula is C10H9FN2O2. The number of halogens is 1. The summed E-state index contributed by atoms with van der Waals surface area (Å²) in [5, 5.41) is 3.66. The van der Waals surface area contributed by atoms with Gasteiger partial charge < -0.3 is 9.26 Å². The normalized spacial score (nSPS) is 10.3. The quantitative estimate of drug-likeness (QED) is 0.759. The Labute approximate surface area is 85.7 Å². The Morgan fingerprint density at radius 1 is 1.40 bits per heavy atom. The van der Waals surface area contributed by atoms with Crippen LogP contribution in [0.25, 0.3) is 11.5 Å². The minimum Gasteiger partial charge on any atom is -0.496 e. The third-order valence-electron chi connectivity index (χ3n) is 1.92. The van der Waals surface area contributed by atoms with Crippen LogP contribution in [-0.2, 0) is 0 Å². The van der Waals surface area contributed by atoms with Gasteiger partial charge in [0.2, 0.25) is 0 Å². The lowest BCUT2D eigenvalue weighted by molar-refractivity contribution is 0.401. The fraction of sp³-hybridized carbons (Fsp3) is 0.200. The molecule has 5 heteroatoms. The van der Waals surface area contributed by atoms with Gasteiger partial charge in [-0.3, -0.25) is 0 Å². The molecule has 0 bridgehead atoms. The number of nitrogens with zero attached hydrogens (tertiary/aromatic N) is 2. The molecule has 0 aliphatic rings. The maximum atomic E-state index is 12.9. The summed E-state index contributed by atoms with van der Waals surface area (Å²) in [6.07, 6.45) is 0. The van der Waals surface area contributed by atoms with E-state index in [1.807, 2.05) is 0 Å². The van der Waals surface area contributed by atoms with E-state index >= 15 is 0 Å². The van der Waals surface area contributed by atoms with E-state index in [9.17, 15) is 4.39 Å². The number of methoxy groups -OCH3 is 1. The molecule has 4 nitrogen and oxygen atoms in total. The molecule has 1 aromatic heterocycles. The van der Waals surface area contributed by atoms with Gasteiger partial charge in [0.25, 0.3) is 5.89 Å². The van der Waals surface area contributed by atoms with E-state index < -0.39 is 0 Å². The van der Waals surface area contributed by atoms with E-state index in [1.54, 1.807) is 13.0 Å². The molecule has 0 atom stereocenters. The summed E-state index contributed by atoms with van der Waals surface area (Å²) >= 11 is 0. The number of aryl methyl sites for hydroxylation is 1. The van der Waals surface area contributed by atoms with Crippen LogP contribution in [0.4, 0.5) is 4.39 Å². The van der Waals surface area contributed by atoms with E-state index in [-0.39, 0.29) is 5.82 Å². The van der Waals surface area contributed by atoms with Crippen molar-refractivity contribution in [3.05, 3.63) is 29.8 Å². The first-order chi connectivity index (χ1) is 7.20. The van der Waals surface area contributed by atoms with E-state index in [2.05, 4.69) is 10.1 Å². The number of aromatic nitrogens is 2. The third-order valence-corrected chi connectivity index (χ3v) is 1.92. The predicted octanol–water partition coefficient (Wildman–Crippen LogP) is 2.19. The van der Waals surface area contributed by atoms with E-state index in [0.717, 1.165) is 0 Å². The van der Waals surface area contributed by atoms with Crippen LogP contribution < -0.4 is 4.74 Å². The molecule has 78 valence electrons. The number of hydrogen-bond donors (Lipinski definition) is 0. The van der Waals surface area contributed by atoms with Gasteiger partial charge in [-0.15, -0.1) is 0 Å². The van der Waals surface area contributed by atoms with Gasteiger partial charge in [0.05, 0.1) is 12.7 Å². The topological polar surface area (TPSA) is 48.2 Å². The average molecular weight is 208 g/mol. The lowest BCUT2D eigenvalue weighted by atomic mass is 10.2. The monoisotopic (exact) mass is 208 g/mol. The van der Waals surface area contributed by atoms with Crippen LogP contribution in [0.2, 0.25) is 0 Å². The Morgan fingerprint density at radius 3 is 2.80 bits per heavy atom. The molecule has 2 rings (SSSR count). The van der Waals surface area contributed by atoms with E-state index in [4.69, 9.17) is 9.26 Å². The molecule has 0 saturated heterocycles. The SMILES string of the molecule is COc1cc(F)ccc1-c1nc(C)no1. The largest absolute Gasteiger partial charge is 0.496 e. The first kappa shape index (κ1) is 9.64. The second-order valence-corrected chi connectivity index (χ2v) is 2.99. The van der Waals surface area contributed by atoms with Gasteiger partial charge in [0.15, 0.2) is 5.82 Å². The van der Waals surface area contributed by atoms with Crippen LogP contribution in [0.5, 0.6) is 5.75 Å². The molecular weight excluding hydrogens is 199 g/mol. The number of ether oxygens (including phenoxy) is 1. The zero-order chi connectivity index (χ0) is 10.8. The van der Waals surface area contributed by atoms with Crippen LogP contribution >= 0.6 is 0 Å². The number of rotatable bonds is 2. The summed E-state index contributed by atoms with van der Waals surface area (Å²) in [7, 11) is 1.46. The summed E-state index contributed by atoms with van der Waals surface area (Å²) in [6, 6.07) is 4.13. The maximum Gasteiger partial charge on any atom is 0.261 e. The first-order valence-corrected chi connectivity index (χ1v) is 4.35. The Morgan fingerprint density at radius 2 is 2.20 bits per heavy atom. The summed E-state index contributed by atoms with van der Waals surface area (Å²) in [5.74, 6) is 0.853. The van der Waals surface area contributed by atoms with Crippen molar-refractivity contribution in [2.24, 2.45) is 0 Å². The minimum atomic E-state index is -0.369. The van der Waals surface area contributed by atoms with Crippen molar-refractivity contribution in [3.63, 3.8) is 0 Å². The highest BCUT2D eigenvalue weighted by molar-refractivity contribution is 5.62. The molecule has 0 N–H and O–H groups in total. The second-order valence-electron chi connectivity index (χ2n) is 2.99. The van der Waals surface area contributed by atoms with Crippen molar-refractivity contribution in [3.8, 4) is 17.2 Å². The standard InChI is InChI=1S/C10H9FN2O2/c1-6-12-10(15-13-6)8-4-3-7(11)5-9(8)14-2/h3-5H,1-2H3. The van der Waals surface area contributed by atoms with Crippen LogP contribution in [-0.4, -0.2) is 17.3 Å². The predicted molar refractivity (Wildman–Crippen MR) is 51.0 cm³/mol. The molecule has 1 aromatic carbocycles. The van der Waals surface area contributed by atoms with E-state index in [0.29, 0.717) is 23.0 Å². The minimum absolute atomic E-state index is 0.323. The highest BCUT2D eigenvalue weighted by Crippen LogP contribution is 2.28. The molecule has 0 spiro atoms. The maximum absolute atomic E-state index is 12.9. The molecule has 15 heavy (non-hydrogen) atoms. The first-order valence-electron chi connectivity index (χ1n) is 4.35. The Bertz CT molecular complexity index is 482. The molecule has 0 aliphatic heterocycles. The van der Waals surface area contributed by atoms with Gasteiger partial charge in [-0.1, -0.05) is 5.16 Å². The van der Waals surface area contributed by atoms with Crippen molar-refractivity contribution >= 4 is 0 Å². The fourth-order valence-electron chi connectivity index (χ4n) is 1.25. The Hall–Kier alpha value is -1.91. The summed E-state index contributed by atoms with van der Waals surface area (Å²) in [6.45, 7) is 1.71. The van der Waals surface area contributed by atoms with Gasteiger partial charge in [-0.2, -0.15) is 4.98 Å². The van der Waals surface area contributed by atoms with Gasteiger partial charge in [-0.25, -0.2) is 4.39 Å². The van der Waals surface area contributed by atoms with E-state index in [1.165, 1.54) is 19.2 Å². The van der Waals surface area contributed by atoms with Crippen molar-refractivity contribution in [1.82, 2.24) is 10.1 Å². The smallest absolute Gasteiger partial charge is 0.261 e. The summed E-state index contributed by atoms with van der Waals surface area (Å²) in [5.41, 5.74) is 0.583. The molecule has 0 aliphatic carbocycles. The van der Waals surface area contributed by atoms with Crippen molar-refractivity contribution in [2.45, 2.75) is 6.92 Å². The molecule has 0 radical (unpaired) electrons. The Balaban J connectivity index is 2.52. The highest BCUT2D eigenvalue weighted by Gasteiger charge is 2.12. The van der Waals surface area contributed by atoms with Gasteiger partial charge in [0.1, 0.15) is 11.6 Å². The number of benzene rings is 1. The van der Waals surface area contributed by atoms with Crippen molar-refractivity contribution in [1.29, 1.82) is 0 Å². The van der Waals surface area contributed by atoms with Crippen molar-refractivity contribution < 1.29 is 13.7 Å². The van der Waals surface area contributed by atoms with Gasteiger partial charge in [0, 0.05) is 6.07 Å². The average Bonchev–Trinajstić information content (AvgIpc) is 2.64. The highest BCUT2D eigenvalue weighted by atomic mass is 19.1. The van der Waals surface area contributed by atoms with Crippen LogP contribution in [0, 0.1) is 12.7 Å².